The summed E-state index contributed by atoms with van der Waals surface area (Å²) < 4.78 is 6.76. The van der Waals surface area contributed by atoms with Gasteiger partial charge < -0.3 is 15.0 Å². The number of fused-ring (bicyclic) bond motifs is 1. The van der Waals surface area contributed by atoms with Crippen LogP contribution in [0, 0.1) is 0 Å². The minimum atomic E-state index is -0.332. The van der Waals surface area contributed by atoms with Crippen LogP contribution in [0.25, 0.3) is 16.7 Å². The number of halogens is 1. The van der Waals surface area contributed by atoms with E-state index in [1.54, 1.807) is 36.4 Å². The second-order valence-corrected chi connectivity index (χ2v) is 7.58. The minimum absolute atomic E-state index is 0.0534. The van der Waals surface area contributed by atoms with Gasteiger partial charge in [0.1, 0.15) is 11.1 Å². The lowest BCUT2D eigenvalue weighted by Gasteiger charge is -2.09. The number of carbonyl (C=O) groups excluding carboxylic acids is 1. The third-order valence-corrected chi connectivity index (χ3v) is 5.30. The van der Waals surface area contributed by atoms with Crippen molar-refractivity contribution in [1.29, 1.82) is 0 Å². The number of thioether (sulfide) groups is 1. The third kappa shape index (κ3) is 4.17. The average Bonchev–Trinajstić information content (AvgIpc) is 3.17. The molecule has 4 aromatic rings. The van der Waals surface area contributed by atoms with Crippen LogP contribution < -0.4 is 15.6 Å². The zero-order chi connectivity index (χ0) is 21.1. The molecule has 0 spiro atoms. The Balaban J connectivity index is 1.55. The van der Waals surface area contributed by atoms with Gasteiger partial charge in [0.2, 0.25) is 5.91 Å². The number of amides is 1. The number of para-hydroxylation sites is 2. The summed E-state index contributed by atoms with van der Waals surface area (Å²) in [5.41, 5.74) is 1.30. The van der Waals surface area contributed by atoms with Gasteiger partial charge in [-0.25, -0.2) is 9.67 Å². The Morgan fingerprint density at radius 2 is 2.10 bits per heavy atom. The topological polar surface area (TPSA) is 102 Å². The highest BCUT2D eigenvalue weighted by molar-refractivity contribution is 7.99. The first kappa shape index (κ1) is 20.0. The molecule has 0 aliphatic rings. The molecule has 0 unspecified atom stereocenters. The Morgan fingerprint density at radius 1 is 1.27 bits per heavy atom. The van der Waals surface area contributed by atoms with E-state index >= 15 is 0 Å². The normalized spacial score (nSPS) is 10.9. The largest absolute Gasteiger partial charge is 0.495 e. The molecule has 0 aliphatic carbocycles. The number of nitrogens with zero attached hydrogens (tertiary/aromatic N) is 3. The molecular weight excluding hydrogens is 426 g/mol. The van der Waals surface area contributed by atoms with E-state index in [9.17, 15) is 9.59 Å². The van der Waals surface area contributed by atoms with E-state index in [1.165, 1.54) is 18.0 Å². The van der Waals surface area contributed by atoms with Gasteiger partial charge in [0, 0.05) is 5.02 Å². The van der Waals surface area contributed by atoms with Gasteiger partial charge in [-0.15, -0.1) is 0 Å². The number of rotatable bonds is 6. The maximum absolute atomic E-state index is 12.4. The van der Waals surface area contributed by atoms with Crippen LogP contribution in [0.4, 0.5) is 5.69 Å². The highest BCUT2D eigenvalue weighted by atomic mass is 35.5. The number of benzene rings is 2. The van der Waals surface area contributed by atoms with Crippen molar-refractivity contribution in [2.75, 3.05) is 18.2 Å². The quantitative estimate of drug-likeness (QED) is 0.350. The lowest BCUT2D eigenvalue weighted by molar-refractivity contribution is -0.113. The molecule has 2 aromatic carbocycles. The van der Waals surface area contributed by atoms with Crippen LogP contribution in [0.5, 0.6) is 5.75 Å². The summed E-state index contributed by atoms with van der Waals surface area (Å²) in [6.45, 7) is 0. The highest BCUT2D eigenvalue weighted by Crippen LogP contribution is 2.24. The lowest BCUT2D eigenvalue weighted by atomic mass is 10.3. The fourth-order valence-electron chi connectivity index (χ4n) is 2.83. The van der Waals surface area contributed by atoms with Crippen molar-refractivity contribution in [2.24, 2.45) is 0 Å². The first-order valence-electron chi connectivity index (χ1n) is 8.85. The summed E-state index contributed by atoms with van der Waals surface area (Å²) >= 11 is 7.18. The molecule has 0 saturated carbocycles. The number of aromatic amines is 1. The van der Waals surface area contributed by atoms with Crippen LogP contribution in [-0.2, 0) is 4.79 Å². The van der Waals surface area contributed by atoms with Crippen molar-refractivity contribution in [3.63, 3.8) is 0 Å². The van der Waals surface area contributed by atoms with E-state index in [-0.39, 0.29) is 17.2 Å². The fraction of sp³-hybridized carbons (Fsp3) is 0.100. The highest BCUT2D eigenvalue weighted by Gasteiger charge is 2.14. The number of carbonyl (C=O) groups is 1. The minimum Gasteiger partial charge on any atom is -0.495 e. The van der Waals surface area contributed by atoms with Crippen molar-refractivity contribution in [1.82, 2.24) is 19.7 Å². The number of ether oxygens (including phenoxy) is 1. The molecule has 0 radical (unpaired) electrons. The Morgan fingerprint density at radius 3 is 2.90 bits per heavy atom. The van der Waals surface area contributed by atoms with Crippen LogP contribution in [0.2, 0.25) is 5.02 Å². The monoisotopic (exact) mass is 441 g/mol. The molecule has 2 heterocycles. The number of hydrogen-bond acceptors (Lipinski definition) is 6. The number of hydrogen-bond donors (Lipinski definition) is 2. The fourth-order valence-corrected chi connectivity index (χ4v) is 3.67. The summed E-state index contributed by atoms with van der Waals surface area (Å²) in [5.74, 6) is 0.363. The van der Waals surface area contributed by atoms with E-state index in [1.807, 2.05) is 12.1 Å². The molecule has 0 saturated heterocycles. The predicted octanol–water partition coefficient (Wildman–Crippen LogP) is 3.50. The van der Waals surface area contributed by atoms with Gasteiger partial charge in [-0.1, -0.05) is 41.6 Å². The SMILES string of the molecule is COc1ccccc1NC(=O)CSc1nc2c(cnn2-c2cccc(Cl)c2)c(=O)[nH]1. The lowest BCUT2D eigenvalue weighted by Crippen LogP contribution is -2.16. The maximum atomic E-state index is 12.4. The molecule has 2 N–H and O–H groups in total. The standard InChI is InChI=1S/C20H16ClN5O3S/c1-29-16-8-3-2-7-15(16)23-17(27)11-30-20-24-18-14(19(28)25-20)10-22-26(18)13-6-4-5-12(21)9-13/h2-10H,11H2,1H3,(H,23,27)(H,24,25,28). The van der Waals surface area contributed by atoms with E-state index in [0.29, 0.717) is 38.3 Å². The Labute approximate surface area is 180 Å². The molecule has 4 rings (SSSR count). The van der Waals surface area contributed by atoms with Crippen LogP contribution in [-0.4, -0.2) is 38.5 Å². The first-order chi connectivity index (χ1) is 14.5. The van der Waals surface area contributed by atoms with Crippen molar-refractivity contribution >= 4 is 46.0 Å². The number of methoxy groups -OCH3 is 1. The Bertz CT molecular complexity index is 1290. The van der Waals surface area contributed by atoms with Gasteiger partial charge in [-0.05, 0) is 30.3 Å². The van der Waals surface area contributed by atoms with Gasteiger partial charge >= 0.3 is 0 Å². The number of H-pyrrole nitrogens is 1. The van der Waals surface area contributed by atoms with E-state index < -0.39 is 0 Å². The molecule has 1 amide bonds. The third-order valence-electron chi connectivity index (χ3n) is 4.19. The summed E-state index contributed by atoms with van der Waals surface area (Å²) in [6, 6.07) is 14.2. The molecule has 152 valence electrons. The smallest absolute Gasteiger partial charge is 0.262 e. The van der Waals surface area contributed by atoms with Crippen LogP contribution in [0.3, 0.4) is 0 Å². The zero-order valence-corrected chi connectivity index (χ0v) is 17.3. The van der Waals surface area contributed by atoms with Crippen molar-refractivity contribution in [2.45, 2.75) is 5.16 Å². The number of aromatic nitrogens is 4. The molecule has 0 fully saturated rings. The Hall–Kier alpha value is -3.30. The van der Waals surface area contributed by atoms with Crippen molar-refractivity contribution in [3.05, 3.63) is 70.1 Å². The van der Waals surface area contributed by atoms with E-state index in [0.717, 1.165) is 11.8 Å². The van der Waals surface area contributed by atoms with Crippen molar-refractivity contribution < 1.29 is 9.53 Å². The maximum Gasteiger partial charge on any atom is 0.262 e. The molecule has 0 bridgehead atoms. The molecule has 0 atom stereocenters. The van der Waals surface area contributed by atoms with Gasteiger partial charge in [0.15, 0.2) is 10.8 Å². The zero-order valence-electron chi connectivity index (χ0n) is 15.8. The summed E-state index contributed by atoms with van der Waals surface area (Å²) in [7, 11) is 1.53. The first-order valence-corrected chi connectivity index (χ1v) is 10.2. The predicted molar refractivity (Wildman–Crippen MR) is 117 cm³/mol. The average molecular weight is 442 g/mol. The number of anilines is 1. The van der Waals surface area contributed by atoms with Crippen LogP contribution >= 0.6 is 23.4 Å². The Kier molecular flexibility index (Phi) is 5.73. The van der Waals surface area contributed by atoms with Gasteiger partial charge in [0.05, 0.1) is 30.4 Å². The molecule has 0 aliphatic heterocycles. The van der Waals surface area contributed by atoms with E-state index in [4.69, 9.17) is 16.3 Å². The van der Waals surface area contributed by atoms with Crippen molar-refractivity contribution in [3.8, 4) is 11.4 Å². The van der Waals surface area contributed by atoms with Crippen LogP contribution in [0.1, 0.15) is 0 Å². The second-order valence-electron chi connectivity index (χ2n) is 6.18. The van der Waals surface area contributed by atoms with Gasteiger partial charge in [-0.2, -0.15) is 5.10 Å². The summed E-state index contributed by atoms with van der Waals surface area (Å²) in [5, 5.41) is 8.24. The molecule has 30 heavy (non-hydrogen) atoms. The second kappa shape index (κ2) is 8.60. The summed E-state index contributed by atoms with van der Waals surface area (Å²) in [6.07, 6.45) is 1.45. The molecule has 8 nitrogen and oxygen atoms in total. The van der Waals surface area contributed by atoms with E-state index in [2.05, 4.69) is 20.4 Å². The van der Waals surface area contributed by atoms with Gasteiger partial charge in [-0.3, -0.25) is 9.59 Å². The molecular formula is C20H16ClN5O3S. The van der Waals surface area contributed by atoms with Crippen LogP contribution in [0.15, 0.2) is 64.7 Å². The number of nitrogens with one attached hydrogen (secondary N) is 2. The summed E-state index contributed by atoms with van der Waals surface area (Å²) in [4.78, 5) is 31.9. The molecule has 10 heteroatoms. The van der Waals surface area contributed by atoms with Gasteiger partial charge in [0.25, 0.3) is 5.56 Å². The molecule has 2 aromatic heterocycles.